The second-order valence-corrected chi connectivity index (χ2v) is 8.77. The number of rotatable bonds is 5. The largest absolute Gasteiger partial charge is 0.323 e. The van der Waals surface area contributed by atoms with Crippen LogP contribution in [-0.4, -0.2) is 38.4 Å². The van der Waals surface area contributed by atoms with Crippen molar-refractivity contribution in [3.8, 4) is 0 Å². The summed E-state index contributed by atoms with van der Waals surface area (Å²) in [5, 5.41) is 12.1. The summed E-state index contributed by atoms with van der Waals surface area (Å²) in [6, 6.07) is 7.89. The summed E-state index contributed by atoms with van der Waals surface area (Å²) < 4.78 is 2.25. The van der Waals surface area contributed by atoms with Crippen molar-refractivity contribution in [1.82, 2.24) is 14.8 Å². The Hall–Kier alpha value is -2.35. The van der Waals surface area contributed by atoms with Crippen molar-refractivity contribution in [2.75, 3.05) is 16.8 Å². The van der Waals surface area contributed by atoms with Crippen molar-refractivity contribution in [3.63, 3.8) is 0 Å². The Labute approximate surface area is 161 Å². The number of para-hydroxylation sites is 2. The van der Waals surface area contributed by atoms with Crippen LogP contribution in [0.4, 0.5) is 11.4 Å². The van der Waals surface area contributed by atoms with Crippen LogP contribution in [0.5, 0.6) is 0 Å². The molecule has 7 nitrogen and oxygen atoms in total. The predicted octanol–water partition coefficient (Wildman–Crippen LogP) is 2.96. The van der Waals surface area contributed by atoms with Gasteiger partial charge in [-0.25, -0.2) is 0 Å². The molecule has 2 aliphatic carbocycles. The van der Waals surface area contributed by atoms with Gasteiger partial charge in [-0.15, -0.1) is 10.2 Å². The molecule has 2 saturated carbocycles. The van der Waals surface area contributed by atoms with E-state index in [0.29, 0.717) is 17.6 Å². The van der Waals surface area contributed by atoms with Gasteiger partial charge in [0.1, 0.15) is 12.4 Å². The van der Waals surface area contributed by atoms with Crippen molar-refractivity contribution in [2.24, 2.45) is 0 Å². The minimum atomic E-state index is -0.349. The normalized spacial score (nSPS) is 20.2. The third-order valence-corrected chi connectivity index (χ3v) is 6.26. The second-order valence-electron chi connectivity index (χ2n) is 7.47. The van der Waals surface area contributed by atoms with E-state index in [0.717, 1.165) is 29.5 Å². The summed E-state index contributed by atoms with van der Waals surface area (Å²) >= 11 is 1.45. The highest BCUT2D eigenvalue weighted by atomic mass is 32.2. The Morgan fingerprint density at radius 3 is 2.74 bits per heavy atom. The Balaban J connectivity index is 1.38. The lowest BCUT2D eigenvalue weighted by atomic mass is 10.2. The number of nitrogens with zero attached hydrogens (tertiary/aromatic N) is 4. The zero-order valence-electron chi connectivity index (χ0n) is 15.1. The molecule has 2 amide bonds. The zero-order chi connectivity index (χ0) is 18.5. The molecule has 8 heteroatoms. The topological polar surface area (TPSA) is 80.1 Å². The van der Waals surface area contributed by atoms with Crippen LogP contribution in [-0.2, 0) is 9.59 Å². The zero-order valence-corrected chi connectivity index (χ0v) is 15.9. The molecule has 5 rings (SSSR count). The highest BCUT2D eigenvalue weighted by Gasteiger charge is 2.38. The number of carbonyl (C=O) groups excluding carboxylic acids is 2. The monoisotopic (exact) mass is 383 g/mol. The Bertz CT molecular complexity index is 919. The van der Waals surface area contributed by atoms with E-state index in [9.17, 15) is 9.59 Å². The number of anilines is 2. The number of thioether (sulfide) groups is 1. The quantitative estimate of drug-likeness (QED) is 0.803. The molecule has 1 atom stereocenters. The number of nitrogens with one attached hydrogen (secondary N) is 1. The molecule has 0 bridgehead atoms. The fourth-order valence-electron chi connectivity index (χ4n) is 3.52. The van der Waals surface area contributed by atoms with Gasteiger partial charge in [0.05, 0.1) is 16.6 Å². The first-order valence-corrected chi connectivity index (χ1v) is 10.3. The van der Waals surface area contributed by atoms with Crippen LogP contribution in [0.1, 0.15) is 50.4 Å². The third-order valence-electron chi connectivity index (χ3n) is 5.21. The molecule has 2 heterocycles. The fourth-order valence-corrected chi connectivity index (χ4v) is 4.51. The van der Waals surface area contributed by atoms with Gasteiger partial charge in [0.15, 0.2) is 5.16 Å². The van der Waals surface area contributed by atoms with Gasteiger partial charge in [0.2, 0.25) is 11.8 Å². The molecule has 2 aromatic rings. The van der Waals surface area contributed by atoms with Gasteiger partial charge in [-0.05, 0) is 44.7 Å². The summed E-state index contributed by atoms with van der Waals surface area (Å²) in [5.41, 5.74) is 1.42. The predicted molar refractivity (Wildman–Crippen MR) is 103 cm³/mol. The molecule has 2 fully saturated rings. The molecule has 1 N–H and O–H groups in total. The third kappa shape index (κ3) is 3.12. The van der Waals surface area contributed by atoms with Crippen LogP contribution >= 0.6 is 11.8 Å². The van der Waals surface area contributed by atoms with Gasteiger partial charge < -0.3 is 9.88 Å². The maximum atomic E-state index is 13.1. The van der Waals surface area contributed by atoms with Gasteiger partial charge >= 0.3 is 0 Å². The van der Waals surface area contributed by atoms with E-state index in [2.05, 4.69) is 20.1 Å². The first kappa shape index (κ1) is 16.8. The average molecular weight is 383 g/mol. The van der Waals surface area contributed by atoms with Crippen molar-refractivity contribution >= 4 is 35.0 Å². The van der Waals surface area contributed by atoms with E-state index in [4.69, 9.17) is 0 Å². The minimum absolute atomic E-state index is 0.0450. The standard InChI is InChI=1S/C19H21N5O2S/c1-11(18(26)23-10-16(25)20-14-4-2-3-5-15(14)23)27-19-22-21-17(12-6-7-12)24(19)13-8-9-13/h2-5,11-13H,6-10H2,1H3,(H,20,25)/t11-/m1/s1. The Morgan fingerprint density at radius 2 is 2.00 bits per heavy atom. The smallest absolute Gasteiger partial charge is 0.244 e. The van der Waals surface area contributed by atoms with Crippen LogP contribution in [0.25, 0.3) is 0 Å². The molecule has 1 aromatic heterocycles. The summed E-state index contributed by atoms with van der Waals surface area (Å²) in [6.45, 7) is 1.92. The average Bonchev–Trinajstić information content (AvgIpc) is 3.59. The molecule has 1 aromatic carbocycles. The maximum Gasteiger partial charge on any atom is 0.244 e. The van der Waals surface area contributed by atoms with Gasteiger partial charge in [-0.2, -0.15) is 0 Å². The lowest BCUT2D eigenvalue weighted by Gasteiger charge is -2.30. The van der Waals surface area contributed by atoms with Crippen LogP contribution in [0.2, 0.25) is 0 Å². The Morgan fingerprint density at radius 1 is 1.22 bits per heavy atom. The molecule has 27 heavy (non-hydrogen) atoms. The van der Waals surface area contributed by atoms with Gasteiger partial charge in [-0.1, -0.05) is 23.9 Å². The van der Waals surface area contributed by atoms with E-state index in [1.54, 1.807) is 4.90 Å². The fraction of sp³-hybridized carbons (Fsp3) is 0.474. The van der Waals surface area contributed by atoms with Crippen LogP contribution in [0.3, 0.4) is 0 Å². The highest BCUT2D eigenvalue weighted by molar-refractivity contribution is 8.00. The Kier molecular flexibility index (Phi) is 3.96. The van der Waals surface area contributed by atoms with Crippen molar-refractivity contribution < 1.29 is 9.59 Å². The lowest BCUT2D eigenvalue weighted by molar-refractivity contribution is -0.121. The number of hydrogen-bond acceptors (Lipinski definition) is 5. The molecule has 1 aliphatic heterocycles. The summed E-state index contributed by atoms with van der Waals surface area (Å²) in [7, 11) is 0. The molecule has 0 radical (unpaired) electrons. The van der Waals surface area contributed by atoms with Crippen LogP contribution < -0.4 is 10.2 Å². The molecule has 0 saturated heterocycles. The number of hydrogen-bond donors (Lipinski definition) is 1. The number of aromatic nitrogens is 3. The molecular weight excluding hydrogens is 362 g/mol. The van der Waals surface area contributed by atoms with Crippen molar-refractivity contribution in [3.05, 3.63) is 30.1 Å². The first-order valence-electron chi connectivity index (χ1n) is 9.43. The maximum absolute atomic E-state index is 13.1. The van der Waals surface area contributed by atoms with Crippen LogP contribution in [0.15, 0.2) is 29.4 Å². The van der Waals surface area contributed by atoms with Gasteiger partial charge in [0.25, 0.3) is 0 Å². The molecule has 3 aliphatic rings. The summed E-state index contributed by atoms with van der Waals surface area (Å²) in [4.78, 5) is 26.7. The number of benzene rings is 1. The molecule has 0 unspecified atom stereocenters. The van der Waals surface area contributed by atoms with E-state index in [1.165, 1.54) is 24.6 Å². The number of fused-ring (bicyclic) bond motifs is 1. The lowest BCUT2D eigenvalue weighted by Crippen LogP contribution is -2.45. The van der Waals surface area contributed by atoms with E-state index in [-0.39, 0.29) is 23.6 Å². The molecule has 140 valence electrons. The first-order chi connectivity index (χ1) is 13.1. The summed E-state index contributed by atoms with van der Waals surface area (Å²) in [5.74, 6) is 1.37. The number of carbonyl (C=O) groups is 2. The van der Waals surface area contributed by atoms with Gasteiger partial charge in [-0.3, -0.25) is 14.5 Å². The van der Waals surface area contributed by atoms with Gasteiger partial charge in [0, 0.05) is 12.0 Å². The highest BCUT2D eigenvalue weighted by Crippen LogP contribution is 2.46. The molecule has 0 spiro atoms. The molecular formula is C19H21N5O2S. The SMILES string of the molecule is C[C@@H](Sc1nnc(C2CC2)n1C1CC1)C(=O)N1CC(=O)Nc2ccccc21. The minimum Gasteiger partial charge on any atom is -0.323 e. The van der Waals surface area contributed by atoms with Crippen molar-refractivity contribution in [2.45, 2.75) is 55.0 Å². The van der Waals surface area contributed by atoms with E-state index >= 15 is 0 Å². The van der Waals surface area contributed by atoms with Crippen molar-refractivity contribution in [1.29, 1.82) is 0 Å². The van der Waals surface area contributed by atoms with E-state index in [1.807, 2.05) is 31.2 Å². The van der Waals surface area contributed by atoms with Crippen LogP contribution in [0, 0.1) is 0 Å². The second kappa shape index (κ2) is 6.37. The van der Waals surface area contributed by atoms with E-state index < -0.39 is 0 Å². The summed E-state index contributed by atoms with van der Waals surface area (Å²) in [6.07, 6.45) is 4.69. The number of amides is 2.